The quantitative estimate of drug-likeness (QED) is 0.726. The van der Waals surface area contributed by atoms with Crippen molar-refractivity contribution in [2.24, 2.45) is 0 Å². The third-order valence-electron chi connectivity index (χ3n) is 4.28. The highest BCUT2D eigenvalue weighted by atomic mass is 19.1. The van der Waals surface area contributed by atoms with Gasteiger partial charge in [0.1, 0.15) is 25.6 Å². The summed E-state index contributed by atoms with van der Waals surface area (Å²) >= 11 is 0. The summed E-state index contributed by atoms with van der Waals surface area (Å²) in [5, 5.41) is 14.8. The Morgan fingerprint density at radius 3 is 2.71 bits per heavy atom. The van der Waals surface area contributed by atoms with E-state index in [0.717, 1.165) is 5.56 Å². The maximum atomic E-state index is 13.0. The van der Waals surface area contributed by atoms with Gasteiger partial charge < -0.3 is 14.8 Å². The van der Waals surface area contributed by atoms with E-state index in [4.69, 9.17) is 9.47 Å². The second-order valence-corrected chi connectivity index (χ2v) is 6.34. The number of benzene rings is 2. The van der Waals surface area contributed by atoms with Crippen molar-refractivity contribution in [3.05, 3.63) is 53.8 Å². The maximum absolute atomic E-state index is 13.0. The van der Waals surface area contributed by atoms with Crippen molar-refractivity contribution in [2.45, 2.75) is 19.5 Å². The molecule has 2 heterocycles. The van der Waals surface area contributed by atoms with E-state index in [1.807, 2.05) is 25.1 Å². The third-order valence-corrected chi connectivity index (χ3v) is 4.28. The molecule has 0 bridgehead atoms. The number of carbonyl (C=O) groups is 1. The number of ether oxygens (including phenoxy) is 2. The summed E-state index contributed by atoms with van der Waals surface area (Å²) in [5.74, 6) is 1.10. The zero-order valence-corrected chi connectivity index (χ0v) is 15.1. The van der Waals surface area contributed by atoms with Gasteiger partial charge in [-0.1, -0.05) is 6.07 Å². The molecule has 0 aliphatic carbocycles. The lowest BCUT2D eigenvalue weighted by Crippen LogP contribution is -2.31. The average Bonchev–Trinajstić information content (AvgIpc) is 3.16. The van der Waals surface area contributed by atoms with Crippen LogP contribution in [0.15, 0.2) is 42.5 Å². The molecule has 1 unspecified atom stereocenters. The van der Waals surface area contributed by atoms with E-state index in [0.29, 0.717) is 36.1 Å². The molecule has 1 amide bonds. The fourth-order valence-electron chi connectivity index (χ4n) is 2.85. The molecular formula is C19H18FN5O3. The number of rotatable bonds is 5. The standard InChI is InChI=1S/C19H18FN5O3/c1-12(14-4-7-16-17(10-14)28-9-8-27-16)21-18(26)11-25-23-19(22-24-25)13-2-5-15(20)6-3-13/h2-7,10,12H,8-9,11H2,1H3,(H,21,26). The third kappa shape index (κ3) is 3.93. The Hall–Kier alpha value is -3.49. The lowest BCUT2D eigenvalue weighted by Gasteiger charge is -2.21. The number of hydrogen-bond donors (Lipinski definition) is 1. The summed E-state index contributed by atoms with van der Waals surface area (Å²) in [5.41, 5.74) is 1.52. The zero-order chi connectivity index (χ0) is 19.5. The van der Waals surface area contributed by atoms with Gasteiger partial charge in [0, 0.05) is 5.56 Å². The molecule has 1 aliphatic heterocycles. The smallest absolute Gasteiger partial charge is 0.244 e. The number of tetrazole rings is 1. The van der Waals surface area contributed by atoms with Crippen molar-refractivity contribution in [1.82, 2.24) is 25.5 Å². The number of aromatic nitrogens is 4. The van der Waals surface area contributed by atoms with Crippen molar-refractivity contribution in [3.8, 4) is 22.9 Å². The first kappa shape index (κ1) is 17.9. The molecule has 1 aliphatic rings. The molecule has 1 N–H and O–H groups in total. The van der Waals surface area contributed by atoms with Crippen LogP contribution in [0.1, 0.15) is 18.5 Å². The Balaban J connectivity index is 1.38. The molecule has 0 radical (unpaired) electrons. The lowest BCUT2D eigenvalue weighted by molar-refractivity contribution is -0.122. The van der Waals surface area contributed by atoms with Crippen molar-refractivity contribution >= 4 is 5.91 Å². The van der Waals surface area contributed by atoms with Crippen LogP contribution in [0, 0.1) is 5.82 Å². The van der Waals surface area contributed by atoms with Gasteiger partial charge in [-0.3, -0.25) is 4.79 Å². The molecule has 3 aromatic rings. The lowest BCUT2D eigenvalue weighted by atomic mass is 10.1. The minimum Gasteiger partial charge on any atom is -0.486 e. The van der Waals surface area contributed by atoms with Gasteiger partial charge in [-0.2, -0.15) is 4.80 Å². The molecule has 0 spiro atoms. The van der Waals surface area contributed by atoms with E-state index in [1.54, 1.807) is 12.1 Å². The van der Waals surface area contributed by atoms with E-state index < -0.39 is 0 Å². The minimum absolute atomic E-state index is 0.0803. The first-order chi connectivity index (χ1) is 13.6. The van der Waals surface area contributed by atoms with Crippen molar-refractivity contribution in [3.63, 3.8) is 0 Å². The highest BCUT2D eigenvalue weighted by Crippen LogP contribution is 2.32. The van der Waals surface area contributed by atoms with E-state index in [9.17, 15) is 9.18 Å². The first-order valence-electron chi connectivity index (χ1n) is 8.81. The Morgan fingerprint density at radius 2 is 1.93 bits per heavy atom. The first-order valence-corrected chi connectivity index (χ1v) is 8.81. The maximum Gasteiger partial charge on any atom is 0.244 e. The summed E-state index contributed by atoms with van der Waals surface area (Å²) in [7, 11) is 0. The molecule has 144 valence electrons. The number of amides is 1. The van der Waals surface area contributed by atoms with Crippen LogP contribution in [0.5, 0.6) is 11.5 Å². The second-order valence-electron chi connectivity index (χ2n) is 6.34. The van der Waals surface area contributed by atoms with Crippen LogP contribution in [0.4, 0.5) is 4.39 Å². The number of nitrogens with zero attached hydrogens (tertiary/aromatic N) is 4. The van der Waals surface area contributed by atoms with Crippen LogP contribution in [0.25, 0.3) is 11.4 Å². The van der Waals surface area contributed by atoms with Crippen LogP contribution in [0.2, 0.25) is 0 Å². The Morgan fingerprint density at radius 1 is 1.18 bits per heavy atom. The summed E-state index contributed by atoms with van der Waals surface area (Å²) in [6, 6.07) is 11.1. The molecule has 0 saturated heterocycles. The molecule has 9 heteroatoms. The largest absolute Gasteiger partial charge is 0.486 e. The van der Waals surface area contributed by atoms with E-state index in [2.05, 4.69) is 20.7 Å². The van der Waals surface area contributed by atoms with Crippen molar-refractivity contribution < 1.29 is 18.7 Å². The molecule has 0 saturated carbocycles. The van der Waals surface area contributed by atoms with Gasteiger partial charge in [0.05, 0.1) is 6.04 Å². The summed E-state index contributed by atoms with van der Waals surface area (Å²) < 4.78 is 24.1. The van der Waals surface area contributed by atoms with Crippen LogP contribution < -0.4 is 14.8 Å². The Kier molecular flexibility index (Phi) is 4.88. The number of halogens is 1. The molecule has 28 heavy (non-hydrogen) atoms. The molecule has 1 atom stereocenters. The van der Waals surface area contributed by atoms with Crippen molar-refractivity contribution in [2.75, 3.05) is 13.2 Å². The topological polar surface area (TPSA) is 91.2 Å². The van der Waals surface area contributed by atoms with E-state index in [-0.39, 0.29) is 24.3 Å². The van der Waals surface area contributed by atoms with Crippen LogP contribution in [-0.4, -0.2) is 39.3 Å². The Bertz CT molecular complexity index is 989. The summed E-state index contributed by atoms with van der Waals surface area (Å²) in [6.07, 6.45) is 0. The van der Waals surface area contributed by atoms with Gasteiger partial charge >= 0.3 is 0 Å². The highest BCUT2D eigenvalue weighted by Gasteiger charge is 2.17. The highest BCUT2D eigenvalue weighted by molar-refractivity contribution is 5.76. The molecular weight excluding hydrogens is 365 g/mol. The average molecular weight is 383 g/mol. The molecule has 4 rings (SSSR count). The van der Waals surface area contributed by atoms with Gasteiger partial charge in [0.15, 0.2) is 11.5 Å². The van der Waals surface area contributed by atoms with Gasteiger partial charge in [-0.05, 0) is 54.1 Å². The predicted molar refractivity (Wildman–Crippen MR) is 97.2 cm³/mol. The normalized spacial score (nSPS) is 13.8. The molecule has 2 aromatic carbocycles. The molecule has 1 aromatic heterocycles. The zero-order valence-electron chi connectivity index (χ0n) is 15.1. The van der Waals surface area contributed by atoms with Gasteiger partial charge in [0.25, 0.3) is 0 Å². The summed E-state index contributed by atoms with van der Waals surface area (Å²) in [6.45, 7) is 2.83. The number of carbonyl (C=O) groups excluding carboxylic acids is 1. The fraction of sp³-hybridized carbons (Fsp3) is 0.263. The molecule has 0 fully saturated rings. The second kappa shape index (κ2) is 7.63. The number of hydrogen-bond acceptors (Lipinski definition) is 6. The van der Waals surface area contributed by atoms with Gasteiger partial charge in [0.2, 0.25) is 11.7 Å². The van der Waals surface area contributed by atoms with Crippen LogP contribution in [0.3, 0.4) is 0 Å². The SMILES string of the molecule is CC(NC(=O)Cn1nnc(-c2ccc(F)cc2)n1)c1ccc2c(c1)OCCO2. The van der Waals surface area contributed by atoms with Crippen LogP contribution in [-0.2, 0) is 11.3 Å². The summed E-state index contributed by atoms with van der Waals surface area (Å²) in [4.78, 5) is 13.5. The molecule has 8 nitrogen and oxygen atoms in total. The van der Waals surface area contributed by atoms with Crippen molar-refractivity contribution in [1.29, 1.82) is 0 Å². The monoisotopic (exact) mass is 383 g/mol. The van der Waals surface area contributed by atoms with Gasteiger partial charge in [-0.15, -0.1) is 10.2 Å². The fourth-order valence-corrected chi connectivity index (χ4v) is 2.85. The Labute approximate surface area is 160 Å². The minimum atomic E-state index is -0.344. The van der Waals surface area contributed by atoms with Gasteiger partial charge in [-0.25, -0.2) is 4.39 Å². The number of nitrogens with one attached hydrogen (secondary N) is 1. The predicted octanol–water partition coefficient (Wildman–Crippen LogP) is 2.13. The van der Waals surface area contributed by atoms with Crippen LogP contribution >= 0.6 is 0 Å². The number of fused-ring (bicyclic) bond motifs is 1. The van der Waals surface area contributed by atoms with E-state index >= 15 is 0 Å². The van der Waals surface area contributed by atoms with E-state index in [1.165, 1.54) is 16.9 Å².